The Kier molecular flexibility index (Phi) is 2.25. The van der Waals surface area contributed by atoms with Gasteiger partial charge in [0.1, 0.15) is 0 Å². The van der Waals surface area contributed by atoms with E-state index < -0.39 is 0 Å². The molecule has 10 heavy (non-hydrogen) atoms. The fraction of sp³-hybridized carbons (Fsp3) is 0. The summed E-state index contributed by atoms with van der Waals surface area (Å²) in [5, 5.41) is 3.14. The minimum absolute atomic E-state index is 0.483. The van der Waals surface area contributed by atoms with E-state index in [2.05, 4.69) is 10.1 Å². The summed E-state index contributed by atoms with van der Waals surface area (Å²) >= 11 is 0. The maximum absolute atomic E-state index is 4.83. The van der Waals surface area contributed by atoms with Crippen LogP contribution >= 0.6 is 0 Å². The van der Waals surface area contributed by atoms with Crippen LogP contribution in [0.5, 0.6) is 5.88 Å². The summed E-state index contributed by atoms with van der Waals surface area (Å²) in [6.45, 7) is 0. The van der Waals surface area contributed by atoms with E-state index in [1.165, 1.54) is 0 Å². The van der Waals surface area contributed by atoms with Crippen LogP contribution in [0, 0.1) is 0 Å². The van der Waals surface area contributed by atoms with E-state index in [0.29, 0.717) is 5.88 Å². The summed E-state index contributed by atoms with van der Waals surface area (Å²) in [4.78, 5) is 3.85. The Balaban J connectivity index is 2.59. The molecule has 4 nitrogen and oxygen atoms in total. The maximum Gasteiger partial charge on any atom is 0.220 e. The molecule has 2 N–H and O–H groups in total. The normalized spacial score (nSPS) is 10.0. The molecule has 52 valence electrons. The van der Waals surface area contributed by atoms with Gasteiger partial charge < -0.3 is 10.6 Å². The zero-order chi connectivity index (χ0) is 7.23. The molecule has 0 unspecified atom stereocenters. The van der Waals surface area contributed by atoms with Crippen LogP contribution in [0.15, 0.2) is 29.5 Å². The van der Waals surface area contributed by atoms with Crippen molar-refractivity contribution >= 4 is 6.40 Å². The fourth-order valence-corrected chi connectivity index (χ4v) is 0.501. The molecule has 0 saturated heterocycles. The summed E-state index contributed by atoms with van der Waals surface area (Å²) in [7, 11) is 0. The van der Waals surface area contributed by atoms with E-state index >= 15 is 0 Å². The van der Waals surface area contributed by atoms with Crippen LogP contribution in [0.2, 0.25) is 0 Å². The lowest BCUT2D eigenvalue weighted by Crippen LogP contribution is -1.94. The predicted octanol–water partition coefficient (Wildman–Crippen LogP) is 0.362. The largest absolute Gasteiger partial charge is 0.426 e. The van der Waals surface area contributed by atoms with Gasteiger partial charge in [-0.2, -0.15) is 5.10 Å². The van der Waals surface area contributed by atoms with E-state index in [1.54, 1.807) is 18.3 Å². The van der Waals surface area contributed by atoms with Gasteiger partial charge in [-0.1, -0.05) is 6.07 Å². The molecule has 0 fully saturated rings. The van der Waals surface area contributed by atoms with E-state index in [4.69, 9.17) is 10.6 Å². The summed E-state index contributed by atoms with van der Waals surface area (Å²) < 4.78 is 4.83. The van der Waals surface area contributed by atoms with Crippen molar-refractivity contribution in [3.05, 3.63) is 24.4 Å². The van der Waals surface area contributed by atoms with Gasteiger partial charge in [0, 0.05) is 12.3 Å². The van der Waals surface area contributed by atoms with Gasteiger partial charge >= 0.3 is 0 Å². The van der Waals surface area contributed by atoms with Crippen LogP contribution in [0.25, 0.3) is 0 Å². The van der Waals surface area contributed by atoms with Gasteiger partial charge in [0.15, 0.2) is 0 Å². The highest BCUT2D eigenvalue weighted by molar-refractivity contribution is 5.49. The summed E-state index contributed by atoms with van der Waals surface area (Å²) in [6.07, 6.45) is 2.75. The van der Waals surface area contributed by atoms with Crippen LogP contribution in [-0.4, -0.2) is 11.4 Å². The first-order valence-corrected chi connectivity index (χ1v) is 2.73. The van der Waals surface area contributed by atoms with Gasteiger partial charge in [-0.05, 0) is 6.07 Å². The molecular weight excluding hydrogens is 130 g/mol. The van der Waals surface area contributed by atoms with Crippen LogP contribution in [0.4, 0.5) is 0 Å². The molecule has 1 rings (SSSR count). The SMILES string of the molecule is NN=COc1ccccn1. The average Bonchev–Trinajstić information content (AvgIpc) is 2.03. The number of nitrogens with zero attached hydrogens (tertiary/aromatic N) is 2. The van der Waals surface area contributed by atoms with Crippen molar-refractivity contribution < 1.29 is 4.74 Å². The number of rotatable bonds is 2. The van der Waals surface area contributed by atoms with E-state index in [9.17, 15) is 0 Å². The maximum atomic E-state index is 4.83. The number of nitrogens with two attached hydrogens (primary N) is 1. The van der Waals surface area contributed by atoms with Crippen molar-refractivity contribution in [2.24, 2.45) is 10.9 Å². The molecular formula is C6H7N3O. The Labute approximate surface area is 58.3 Å². The van der Waals surface area contributed by atoms with Gasteiger partial charge in [-0.3, -0.25) is 0 Å². The number of hydrogen-bond acceptors (Lipinski definition) is 4. The predicted molar refractivity (Wildman–Crippen MR) is 37.5 cm³/mol. The van der Waals surface area contributed by atoms with Gasteiger partial charge in [0.05, 0.1) is 0 Å². The van der Waals surface area contributed by atoms with Crippen molar-refractivity contribution in [1.82, 2.24) is 4.98 Å². The number of hydrazone groups is 1. The Morgan fingerprint density at radius 2 is 2.50 bits per heavy atom. The molecule has 1 heterocycles. The Bertz CT molecular complexity index is 209. The Hall–Kier alpha value is -1.58. The quantitative estimate of drug-likeness (QED) is 0.277. The van der Waals surface area contributed by atoms with E-state index in [1.807, 2.05) is 6.07 Å². The minimum atomic E-state index is 0.483. The molecule has 4 heteroatoms. The van der Waals surface area contributed by atoms with Crippen LogP contribution < -0.4 is 10.6 Å². The lowest BCUT2D eigenvalue weighted by atomic mass is 10.5. The average molecular weight is 137 g/mol. The molecule has 0 spiro atoms. The summed E-state index contributed by atoms with van der Waals surface area (Å²) in [5.41, 5.74) is 0. The van der Waals surface area contributed by atoms with Crippen LogP contribution in [0.3, 0.4) is 0 Å². The van der Waals surface area contributed by atoms with E-state index in [0.717, 1.165) is 6.40 Å². The van der Waals surface area contributed by atoms with Gasteiger partial charge in [-0.15, -0.1) is 0 Å². The third kappa shape index (κ3) is 1.74. The second kappa shape index (κ2) is 3.45. The highest BCUT2D eigenvalue weighted by Gasteiger charge is 1.85. The smallest absolute Gasteiger partial charge is 0.220 e. The molecule has 0 aliphatic heterocycles. The molecule has 0 aromatic carbocycles. The number of pyridine rings is 1. The Morgan fingerprint density at radius 3 is 3.10 bits per heavy atom. The zero-order valence-electron chi connectivity index (χ0n) is 5.27. The number of hydrogen-bond donors (Lipinski definition) is 1. The third-order valence-corrected chi connectivity index (χ3v) is 0.872. The lowest BCUT2D eigenvalue weighted by Gasteiger charge is -1.93. The summed E-state index contributed by atoms with van der Waals surface area (Å²) in [5.74, 6) is 5.28. The van der Waals surface area contributed by atoms with Crippen molar-refractivity contribution in [1.29, 1.82) is 0 Å². The second-order valence-electron chi connectivity index (χ2n) is 1.54. The molecule has 0 radical (unpaired) electrons. The van der Waals surface area contributed by atoms with Gasteiger partial charge in [0.2, 0.25) is 12.3 Å². The molecule has 0 saturated carbocycles. The number of ether oxygens (including phenoxy) is 1. The van der Waals surface area contributed by atoms with Crippen molar-refractivity contribution in [2.45, 2.75) is 0 Å². The first kappa shape index (κ1) is 6.54. The first-order chi connectivity index (χ1) is 4.93. The van der Waals surface area contributed by atoms with Crippen molar-refractivity contribution in [3.63, 3.8) is 0 Å². The lowest BCUT2D eigenvalue weighted by molar-refractivity contribution is 0.546. The molecule has 0 aliphatic rings. The molecule has 1 aromatic heterocycles. The third-order valence-electron chi connectivity index (χ3n) is 0.872. The zero-order valence-corrected chi connectivity index (χ0v) is 5.27. The molecule has 0 amide bonds. The summed E-state index contributed by atoms with van der Waals surface area (Å²) in [6, 6.07) is 5.32. The van der Waals surface area contributed by atoms with Crippen LogP contribution in [-0.2, 0) is 0 Å². The molecule has 0 bridgehead atoms. The van der Waals surface area contributed by atoms with Crippen molar-refractivity contribution in [3.8, 4) is 5.88 Å². The molecule has 0 aliphatic carbocycles. The van der Waals surface area contributed by atoms with Gasteiger partial charge in [0.25, 0.3) is 0 Å². The standard InChI is InChI=1S/C6H7N3O/c7-9-5-10-6-3-1-2-4-8-6/h1-5H,7H2. The Morgan fingerprint density at radius 1 is 1.60 bits per heavy atom. The van der Waals surface area contributed by atoms with E-state index in [-0.39, 0.29) is 0 Å². The molecule has 0 atom stereocenters. The topological polar surface area (TPSA) is 60.5 Å². The highest BCUT2D eigenvalue weighted by Crippen LogP contribution is 2.00. The monoisotopic (exact) mass is 137 g/mol. The first-order valence-electron chi connectivity index (χ1n) is 2.73. The molecule has 1 aromatic rings. The fourth-order valence-electron chi connectivity index (χ4n) is 0.501. The highest BCUT2D eigenvalue weighted by atomic mass is 16.5. The second-order valence-corrected chi connectivity index (χ2v) is 1.54. The van der Waals surface area contributed by atoms with Crippen LogP contribution in [0.1, 0.15) is 0 Å². The number of aromatic nitrogens is 1. The van der Waals surface area contributed by atoms with Crippen molar-refractivity contribution in [2.75, 3.05) is 0 Å². The minimum Gasteiger partial charge on any atom is -0.426 e. The van der Waals surface area contributed by atoms with Gasteiger partial charge in [-0.25, -0.2) is 4.98 Å².